The van der Waals surface area contributed by atoms with Gasteiger partial charge in [0.25, 0.3) is 0 Å². The quantitative estimate of drug-likeness (QED) is 0.0746. The van der Waals surface area contributed by atoms with E-state index in [2.05, 4.69) is 49.4 Å². The first kappa shape index (κ1) is 45.9. The number of benzene rings is 4. The molecule has 0 N–H and O–H groups in total. The summed E-state index contributed by atoms with van der Waals surface area (Å²) in [5.41, 5.74) is 8.97. The van der Waals surface area contributed by atoms with Crippen molar-refractivity contribution in [2.75, 3.05) is 66.4 Å². The molecule has 2 unspecified atom stereocenters. The maximum Gasteiger partial charge on any atom is 0.231 e. The molecule has 0 saturated carbocycles. The number of Topliss-reactive ketones (excluding diaryl/α,β-unsaturated/α-hetero) is 2. The summed E-state index contributed by atoms with van der Waals surface area (Å²) in [4.78, 5) is 25.1. The predicted molar refractivity (Wildman–Crippen MR) is 240 cm³/mol. The molecule has 0 spiro atoms. The summed E-state index contributed by atoms with van der Waals surface area (Å²) < 4.78 is 50.7. The van der Waals surface area contributed by atoms with Crippen LogP contribution in [0, 0.1) is 0 Å². The van der Waals surface area contributed by atoms with E-state index < -0.39 is 0 Å². The van der Waals surface area contributed by atoms with Crippen LogP contribution in [0.15, 0.2) is 60.7 Å². The Morgan fingerprint density at radius 2 is 0.952 bits per heavy atom. The highest BCUT2D eigenvalue weighted by Gasteiger charge is 2.33. The smallest absolute Gasteiger partial charge is 0.231 e. The average molecular weight is 865 g/mol. The number of carbonyl (C=O) groups is 2. The highest BCUT2D eigenvalue weighted by Crippen LogP contribution is 2.47. The van der Waals surface area contributed by atoms with E-state index in [0.29, 0.717) is 78.5 Å². The molecule has 11 heteroatoms. The zero-order chi connectivity index (χ0) is 44.0. The summed E-state index contributed by atoms with van der Waals surface area (Å²) in [7, 11) is 0. The molecule has 2 aliphatic heterocycles. The van der Waals surface area contributed by atoms with E-state index in [0.717, 1.165) is 87.1 Å². The fourth-order valence-electron chi connectivity index (χ4n) is 8.90. The summed E-state index contributed by atoms with van der Waals surface area (Å²) >= 11 is 0. The van der Waals surface area contributed by atoms with E-state index in [4.69, 9.17) is 42.6 Å². The first-order chi connectivity index (χ1) is 30.9. The van der Waals surface area contributed by atoms with Crippen molar-refractivity contribution in [1.29, 1.82) is 0 Å². The lowest BCUT2D eigenvalue weighted by atomic mass is 9.77. The van der Waals surface area contributed by atoms with Crippen LogP contribution in [0.1, 0.15) is 123 Å². The number of ether oxygens (including phenoxy) is 9. The van der Waals surface area contributed by atoms with Gasteiger partial charge in [-0.25, -0.2) is 0 Å². The first-order valence-electron chi connectivity index (χ1n) is 23.0. The van der Waals surface area contributed by atoms with E-state index in [1.54, 1.807) is 0 Å². The maximum atomic E-state index is 12.6. The third-order valence-electron chi connectivity index (χ3n) is 11.9. The third kappa shape index (κ3) is 11.9. The van der Waals surface area contributed by atoms with E-state index in [9.17, 15) is 9.59 Å². The van der Waals surface area contributed by atoms with Gasteiger partial charge in [0.05, 0.1) is 39.6 Å². The van der Waals surface area contributed by atoms with E-state index in [-0.39, 0.29) is 37.0 Å². The van der Waals surface area contributed by atoms with Crippen LogP contribution in [0.4, 0.5) is 0 Å². The van der Waals surface area contributed by atoms with Gasteiger partial charge >= 0.3 is 0 Å². The highest BCUT2D eigenvalue weighted by molar-refractivity contribution is 5.86. The fraction of sp³-hybridized carbons (Fsp3) is 0.500. The van der Waals surface area contributed by atoms with Crippen molar-refractivity contribution >= 4 is 11.6 Å². The molecule has 8 rings (SSSR count). The molecule has 4 aromatic carbocycles. The minimum atomic E-state index is -0.0533. The van der Waals surface area contributed by atoms with Gasteiger partial charge in [-0.1, -0.05) is 44.0 Å². The summed E-state index contributed by atoms with van der Waals surface area (Å²) in [5, 5.41) is 0. The first-order valence-corrected chi connectivity index (χ1v) is 23.0. The number of hydrogen-bond acceptors (Lipinski definition) is 11. The van der Waals surface area contributed by atoms with Gasteiger partial charge in [0.2, 0.25) is 13.6 Å². The molecule has 11 nitrogen and oxygen atoms in total. The second-order valence-electron chi connectivity index (χ2n) is 16.3. The largest absolute Gasteiger partial charge is 0.494 e. The van der Waals surface area contributed by atoms with Gasteiger partial charge in [-0.15, -0.1) is 0 Å². The lowest BCUT2D eigenvalue weighted by molar-refractivity contribution is -0.119. The van der Waals surface area contributed by atoms with Gasteiger partial charge in [0.1, 0.15) is 23.1 Å². The Hall–Kier alpha value is -5.10. The maximum absolute atomic E-state index is 12.6. The van der Waals surface area contributed by atoms with Crippen molar-refractivity contribution in [1.82, 2.24) is 0 Å². The number of fused-ring (bicyclic) bond motifs is 4. The zero-order valence-electron chi connectivity index (χ0n) is 37.6. The van der Waals surface area contributed by atoms with Gasteiger partial charge in [0, 0.05) is 61.9 Å². The minimum absolute atomic E-state index is 0.00279. The fourth-order valence-corrected chi connectivity index (χ4v) is 8.90. The zero-order valence-corrected chi connectivity index (χ0v) is 37.6. The monoisotopic (exact) mass is 864 g/mol. The molecular weight excluding hydrogens is 801 g/mol. The second kappa shape index (κ2) is 23.0. The standard InChI is InChI=1S/C28H36O7.C24H28O4/c1-3-30-10-11-32-13-12-31-9-5-6-20-7-8-23(26(14-20)33-4-2)25-17-22(29)15-21-16-27-28(18-24(21)25)35-19-34-27;1-3-5-6-7-16-8-9-19(22(10-16)26-4-2)21-13-18(25)11-17-12-23-24(14-20(17)21)28-15-27-23/h7-8,14,16,18,25H,3-6,9-13,15,17,19H2,1-2H3;8-10,12,14,21H,3-7,11,13,15H2,1-2H3. The van der Waals surface area contributed by atoms with E-state index in [1.165, 1.54) is 30.4 Å². The summed E-state index contributed by atoms with van der Waals surface area (Å²) in [5.74, 6) is 5.15. The summed E-state index contributed by atoms with van der Waals surface area (Å²) in [6.07, 6.45) is 8.38. The Morgan fingerprint density at radius 1 is 0.492 bits per heavy atom. The molecule has 0 aromatic heterocycles. The molecule has 0 saturated heterocycles. The van der Waals surface area contributed by atoms with Crippen molar-refractivity contribution < 1.29 is 52.2 Å². The lowest BCUT2D eigenvalue weighted by Gasteiger charge is -2.27. The van der Waals surface area contributed by atoms with Crippen LogP contribution in [0.3, 0.4) is 0 Å². The highest BCUT2D eigenvalue weighted by atomic mass is 16.7. The molecule has 0 fully saturated rings. The lowest BCUT2D eigenvalue weighted by Crippen LogP contribution is -2.20. The van der Waals surface area contributed by atoms with Crippen molar-refractivity contribution in [3.8, 4) is 34.5 Å². The van der Waals surface area contributed by atoms with Gasteiger partial charge in [0.15, 0.2) is 23.0 Å². The molecule has 2 atom stereocenters. The van der Waals surface area contributed by atoms with Crippen LogP contribution >= 0.6 is 0 Å². The van der Waals surface area contributed by atoms with Crippen molar-refractivity contribution in [3.05, 3.63) is 105 Å². The summed E-state index contributed by atoms with van der Waals surface area (Å²) in [6, 6.07) is 20.9. The van der Waals surface area contributed by atoms with Crippen LogP contribution < -0.4 is 28.4 Å². The van der Waals surface area contributed by atoms with Gasteiger partial charge < -0.3 is 42.6 Å². The normalized spacial score (nSPS) is 16.9. The Balaban J connectivity index is 0.000000193. The number of carbonyl (C=O) groups excluding carboxylic acids is 2. The van der Waals surface area contributed by atoms with Gasteiger partial charge in [-0.05, 0) is 116 Å². The van der Waals surface area contributed by atoms with Crippen LogP contribution in [0.25, 0.3) is 0 Å². The van der Waals surface area contributed by atoms with Crippen molar-refractivity contribution in [3.63, 3.8) is 0 Å². The number of unbranched alkanes of at least 4 members (excludes halogenated alkanes) is 2. The molecule has 4 aliphatic rings. The Kier molecular flexibility index (Phi) is 16.8. The average Bonchev–Trinajstić information content (AvgIpc) is 3.95. The molecule has 63 heavy (non-hydrogen) atoms. The molecule has 0 radical (unpaired) electrons. The number of ketones is 2. The van der Waals surface area contributed by atoms with Crippen LogP contribution in [-0.2, 0) is 49.5 Å². The molecule has 2 aliphatic carbocycles. The second-order valence-corrected chi connectivity index (χ2v) is 16.3. The molecule has 4 aromatic rings. The van der Waals surface area contributed by atoms with Crippen LogP contribution in [0.2, 0.25) is 0 Å². The third-order valence-corrected chi connectivity index (χ3v) is 11.9. The van der Waals surface area contributed by atoms with Crippen molar-refractivity contribution in [2.45, 2.75) is 104 Å². The minimum Gasteiger partial charge on any atom is -0.494 e. The molecule has 338 valence electrons. The van der Waals surface area contributed by atoms with Crippen LogP contribution in [-0.4, -0.2) is 78.0 Å². The SMILES string of the molecule is CCCCCc1ccc(C2CC(=O)Cc3cc4c(cc32)OCO4)c(OCC)c1.CCOCCOCCOCCCc1ccc(C2CC(=O)Cc3cc4c(cc32)OCO4)c(OCC)c1. The Morgan fingerprint density at radius 3 is 1.43 bits per heavy atom. The van der Waals surface area contributed by atoms with E-state index >= 15 is 0 Å². The predicted octanol–water partition coefficient (Wildman–Crippen LogP) is 9.66. The van der Waals surface area contributed by atoms with Crippen LogP contribution in [0.5, 0.6) is 34.5 Å². The number of hydrogen-bond donors (Lipinski definition) is 0. The summed E-state index contributed by atoms with van der Waals surface area (Å²) in [6.45, 7) is 13.6. The Labute approximate surface area is 372 Å². The van der Waals surface area contributed by atoms with Gasteiger partial charge in [-0.2, -0.15) is 0 Å². The molecular formula is C52H64O11. The Bertz CT molecular complexity index is 2160. The molecule has 0 bridgehead atoms. The van der Waals surface area contributed by atoms with E-state index in [1.807, 2.05) is 39.0 Å². The van der Waals surface area contributed by atoms with Crippen molar-refractivity contribution in [2.24, 2.45) is 0 Å². The topological polar surface area (TPSA) is 117 Å². The molecule has 2 heterocycles. The van der Waals surface area contributed by atoms with Gasteiger partial charge in [-0.3, -0.25) is 9.59 Å². The molecule has 0 amide bonds. The number of aryl methyl sites for hydroxylation is 2. The number of rotatable bonds is 21.